The molecule has 0 fully saturated rings. The van der Waals surface area contributed by atoms with Gasteiger partial charge in [-0.15, -0.1) is 0 Å². The molecule has 33 heavy (non-hydrogen) atoms. The van der Waals surface area contributed by atoms with Crippen molar-refractivity contribution in [3.05, 3.63) is 78.1 Å². The Balaban J connectivity index is 1.35. The second-order valence-corrected chi connectivity index (χ2v) is 6.98. The topological polar surface area (TPSA) is 123 Å². The van der Waals surface area contributed by atoms with Gasteiger partial charge in [0, 0.05) is 23.6 Å². The molecule has 9 heteroatoms. The van der Waals surface area contributed by atoms with E-state index in [9.17, 15) is 14.4 Å². The lowest BCUT2D eigenvalue weighted by atomic mass is 10.2. The molecule has 2 N–H and O–H groups in total. The lowest BCUT2D eigenvalue weighted by molar-refractivity contribution is -0.119. The van der Waals surface area contributed by atoms with Gasteiger partial charge in [-0.05, 0) is 61.5 Å². The minimum atomic E-state index is -0.637. The number of amides is 1. The van der Waals surface area contributed by atoms with Crippen LogP contribution >= 0.6 is 0 Å². The zero-order valence-corrected chi connectivity index (χ0v) is 17.7. The summed E-state index contributed by atoms with van der Waals surface area (Å²) in [6.07, 6.45) is 3.37. The summed E-state index contributed by atoms with van der Waals surface area (Å²) in [7, 11) is 0. The van der Waals surface area contributed by atoms with Crippen molar-refractivity contribution in [2.75, 3.05) is 18.5 Å². The van der Waals surface area contributed by atoms with Gasteiger partial charge in [0.25, 0.3) is 5.91 Å². The molecule has 0 saturated heterocycles. The van der Waals surface area contributed by atoms with Crippen LogP contribution in [0.4, 0.5) is 5.69 Å². The number of aromatic nitrogens is 3. The van der Waals surface area contributed by atoms with E-state index in [2.05, 4.69) is 20.3 Å². The summed E-state index contributed by atoms with van der Waals surface area (Å²) < 4.78 is 10.0. The molecule has 0 aliphatic heterocycles. The van der Waals surface area contributed by atoms with Gasteiger partial charge in [-0.1, -0.05) is 0 Å². The van der Waals surface area contributed by atoms with Crippen LogP contribution in [0.15, 0.2) is 67.0 Å². The number of carbonyl (C=O) groups excluding carboxylic acids is 3. The molecule has 166 valence electrons. The number of imidazole rings is 1. The first-order valence-electron chi connectivity index (χ1n) is 10.2. The third-order valence-electron chi connectivity index (χ3n) is 4.67. The summed E-state index contributed by atoms with van der Waals surface area (Å²) >= 11 is 0. The Morgan fingerprint density at radius 1 is 0.970 bits per heavy atom. The number of pyridine rings is 1. The lowest BCUT2D eigenvalue weighted by Gasteiger charge is -2.07. The van der Waals surface area contributed by atoms with Gasteiger partial charge in [-0.2, -0.15) is 0 Å². The molecule has 2 heterocycles. The molecule has 0 bridgehead atoms. The van der Waals surface area contributed by atoms with E-state index in [4.69, 9.17) is 9.47 Å². The van der Waals surface area contributed by atoms with Crippen molar-refractivity contribution in [1.29, 1.82) is 0 Å². The first kappa shape index (κ1) is 21.7. The Kier molecular flexibility index (Phi) is 6.40. The second kappa shape index (κ2) is 9.73. The number of carbonyl (C=O) groups is 3. The van der Waals surface area contributed by atoms with Crippen LogP contribution in [0.2, 0.25) is 0 Å². The van der Waals surface area contributed by atoms with E-state index in [0.29, 0.717) is 28.1 Å². The molecule has 0 saturated carbocycles. The van der Waals surface area contributed by atoms with Gasteiger partial charge in [0.15, 0.2) is 6.61 Å². The zero-order valence-electron chi connectivity index (χ0n) is 17.7. The third-order valence-corrected chi connectivity index (χ3v) is 4.67. The summed E-state index contributed by atoms with van der Waals surface area (Å²) in [6.45, 7) is 1.54. The van der Waals surface area contributed by atoms with Gasteiger partial charge in [-0.25, -0.2) is 14.6 Å². The minimum absolute atomic E-state index is 0.279. The van der Waals surface area contributed by atoms with Crippen molar-refractivity contribution in [2.45, 2.75) is 6.92 Å². The third kappa shape index (κ3) is 5.21. The average Bonchev–Trinajstić information content (AvgIpc) is 3.27. The zero-order chi connectivity index (χ0) is 23.2. The van der Waals surface area contributed by atoms with Crippen LogP contribution in [0, 0.1) is 0 Å². The molecule has 9 nitrogen and oxygen atoms in total. The van der Waals surface area contributed by atoms with Gasteiger partial charge in [-0.3, -0.25) is 9.78 Å². The molecule has 0 aliphatic rings. The van der Waals surface area contributed by atoms with Crippen molar-refractivity contribution in [2.24, 2.45) is 0 Å². The average molecular weight is 444 g/mol. The fourth-order valence-electron chi connectivity index (χ4n) is 3.09. The Labute approximate surface area is 188 Å². The normalized spacial score (nSPS) is 10.6. The predicted molar refractivity (Wildman–Crippen MR) is 121 cm³/mol. The molecule has 0 spiro atoms. The SMILES string of the molecule is CCOC(=O)c1ccc(NC(=O)COC(=O)c2ccc3nc(-c4cccnc4)[nH]c3c2)cc1. The van der Waals surface area contributed by atoms with E-state index in [1.165, 1.54) is 0 Å². The van der Waals surface area contributed by atoms with Crippen molar-refractivity contribution in [1.82, 2.24) is 15.0 Å². The number of hydrogen-bond acceptors (Lipinski definition) is 7. The number of hydrogen-bond donors (Lipinski definition) is 2. The van der Waals surface area contributed by atoms with Crippen LogP contribution in [0.1, 0.15) is 27.6 Å². The lowest BCUT2D eigenvalue weighted by Crippen LogP contribution is -2.21. The van der Waals surface area contributed by atoms with Crippen molar-refractivity contribution in [3.63, 3.8) is 0 Å². The molecule has 4 aromatic rings. The molecule has 0 radical (unpaired) electrons. The van der Waals surface area contributed by atoms with Crippen LogP contribution < -0.4 is 5.32 Å². The summed E-state index contributed by atoms with van der Waals surface area (Å²) in [4.78, 5) is 47.9. The quantitative estimate of drug-likeness (QED) is 0.418. The van der Waals surface area contributed by atoms with Gasteiger partial charge in [0.1, 0.15) is 5.82 Å². The maximum Gasteiger partial charge on any atom is 0.338 e. The smallest absolute Gasteiger partial charge is 0.338 e. The summed E-state index contributed by atoms with van der Waals surface area (Å²) in [5, 5.41) is 2.61. The molecule has 2 aromatic carbocycles. The standard InChI is InChI=1S/C24H20N4O5/c1-2-32-23(30)15-5-8-18(9-6-15)26-21(29)14-33-24(31)16-7-10-19-20(12-16)28-22(27-19)17-4-3-11-25-13-17/h3-13H,2,14H2,1H3,(H,26,29)(H,27,28). The Hall–Kier alpha value is -4.53. The van der Waals surface area contributed by atoms with E-state index in [1.807, 2.05) is 12.1 Å². The fourth-order valence-corrected chi connectivity index (χ4v) is 3.09. The minimum Gasteiger partial charge on any atom is -0.462 e. The second-order valence-electron chi connectivity index (χ2n) is 6.98. The summed E-state index contributed by atoms with van der Waals surface area (Å²) in [5.41, 5.74) is 3.30. The molecule has 0 unspecified atom stereocenters. The first-order chi connectivity index (χ1) is 16.0. The van der Waals surface area contributed by atoms with Gasteiger partial charge in [0.2, 0.25) is 0 Å². The number of anilines is 1. The number of nitrogens with zero attached hydrogens (tertiary/aromatic N) is 2. The fraction of sp³-hybridized carbons (Fsp3) is 0.125. The molecular weight excluding hydrogens is 424 g/mol. The van der Waals surface area contributed by atoms with Crippen LogP contribution in [0.25, 0.3) is 22.4 Å². The highest BCUT2D eigenvalue weighted by molar-refractivity contribution is 5.97. The number of esters is 2. The summed E-state index contributed by atoms with van der Waals surface area (Å²) in [6, 6.07) is 14.8. The van der Waals surface area contributed by atoms with E-state index in [0.717, 1.165) is 5.56 Å². The highest BCUT2D eigenvalue weighted by Gasteiger charge is 2.14. The monoisotopic (exact) mass is 444 g/mol. The largest absolute Gasteiger partial charge is 0.462 e. The maximum atomic E-state index is 12.4. The number of ether oxygens (including phenoxy) is 2. The van der Waals surface area contributed by atoms with E-state index >= 15 is 0 Å². The van der Waals surface area contributed by atoms with Crippen molar-refractivity contribution < 1.29 is 23.9 Å². The summed E-state index contributed by atoms with van der Waals surface area (Å²) in [5.74, 6) is -0.945. The van der Waals surface area contributed by atoms with Crippen LogP contribution in [0.3, 0.4) is 0 Å². The van der Waals surface area contributed by atoms with Crippen LogP contribution in [-0.2, 0) is 14.3 Å². The number of benzene rings is 2. The molecule has 2 aromatic heterocycles. The predicted octanol–water partition coefficient (Wildman–Crippen LogP) is 3.60. The number of aromatic amines is 1. The molecule has 4 rings (SSSR count). The van der Waals surface area contributed by atoms with E-state index < -0.39 is 24.5 Å². The van der Waals surface area contributed by atoms with Crippen molar-refractivity contribution >= 4 is 34.6 Å². The van der Waals surface area contributed by atoms with E-state index in [1.54, 1.807) is 61.8 Å². The Bertz CT molecular complexity index is 1300. The molecular formula is C24H20N4O5. The number of rotatable bonds is 7. The Morgan fingerprint density at radius 3 is 2.45 bits per heavy atom. The van der Waals surface area contributed by atoms with Crippen LogP contribution in [0.5, 0.6) is 0 Å². The van der Waals surface area contributed by atoms with Gasteiger partial charge >= 0.3 is 11.9 Å². The first-order valence-corrected chi connectivity index (χ1v) is 10.2. The number of nitrogens with one attached hydrogen (secondary N) is 2. The van der Waals surface area contributed by atoms with E-state index in [-0.39, 0.29) is 12.2 Å². The Morgan fingerprint density at radius 2 is 1.73 bits per heavy atom. The maximum absolute atomic E-state index is 12.4. The van der Waals surface area contributed by atoms with Gasteiger partial charge < -0.3 is 19.8 Å². The molecule has 0 atom stereocenters. The van der Waals surface area contributed by atoms with Gasteiger partial charge in [0.05, 0.1) is 28.8 Å². The molecule has 0 aliphatic carbocycles. The molecule has 1 amide bonds. The number of fused-ring (bicyclic) bond motifs is 1. The highest BCUT2D eigenvalue weighted by Crippen LogP contribution is 2.21. The van der Waals surface area contributed by atoms with Crippen molar-refractivity contribution in [3.8, 4) is 11.4 Å². The highest BCUT2D eigenvalue weighted by atomic mass is 16.5. The number of H-pyrrole nitrogens is 1. The van der Waals surface area contributed by atoms with Crippen LogP contribution in [-0.4, -0.2) is 46.0 Å².